The van der Waals surface area contributed by atoms with E-state index in [0.29, 0.717) is 16.5 Å². The molecule has 4 heteroatoms. The number of hydrogen-bond acceptors (Lipinski definition) is 3. The molecular formula is C10H13ClO2S. The molecule has 0 aromatic carbocycles. The lowest BCUT2D eigenvalue weighted by atomic mass is 10.3. The maximum atomic E-state index is 11.6. The normalized spacial score (nSPS) is 10.5. The predicted octanol–water partition coefficient (Wildman–Crippen LogP) is 3.32. The number of rotatable bonds is 5. The summed E-state index contributed by atoms with van der Waals surface area (Å²) >= 11 is 7.33. The summed E-state index contributed by atoms with van der Waals surface area (Å²) in [7, 11) is 0. The minimum absolute atomic E-state index is 0.0263. The number of aryl methyl sites for hydroxylation is 1. The van der Waals surface area contributed by atoms with E-state index in [4.69, 9.17) is 16.3 Å². The van der Waals surface area contributed by atoms with Gasteiger partial charge in [0.2, 0.25) is 0 Å². The standard InChI is InChI=1S/C10H13ClO2S/c1-3-4-13-5-8(12)10-9(11)7(2)6-14-10/h6H,3-5H2,1-2H3. The molecule has 0 unspecified atom stereocenters. The Morgan fingerprint density at radius 1 is 1.64 bits per heavy atom. The van der Waals surface area contributed by atoms with Gasteiger partial charge in [-0.1, -0.05) is 18.5 Å². The highest BCUT2D eigenvalue weighted by molar-refractivity contribution is 7.13. The van der Waals surface area contributed by atoms with E-state index in [-0.39, 0.29) is 12.4 Å². The van der Waals surface area contributed by atoms with Crippen LogP contribution in [0.2, 0.25) is 5.02 Å². The van der Waals surface area contributed by atoms with Crippen LogP contribution in [0.25, 0.3) is 0 Å². The fraction of sp³-hybridized carbons (Fsp3) is 0.500. The quantitative estimate of drug-likeness (QED) is 0.575. The average Bonchev–Trinajstić information content (AvgIpc) is 2.48. The highest BCUT2D eigenvalue weighted by Gasteiger charge is 2.14. The molecule has 1 aromatic rings. The molecule has 0 atom stereocenters. The minimum atomic E-state index is -0.0263. The third-order valence-electron chi connectivity index (χ3n) is 1.73. The average molecular weight is 233 g/mol. The maximum Gasteiger partial charge on any atom is 0.199 e. The fourth-order valence-electron chi connectivity index (χ4n) is 0.993. The van der Waals surface area contributed by atoms with E-state index >= 15 is 0 Å². The molecule has 0 saturated heterocycles. The summed E-state index contributed by atoms with van der Waals surface area (Å²) in [6.45, 7) is 4.65. The summed E-state index contributed by atoms with van der Waals surface area (Å²) in [5.41, 5.74) is 0.954. The Hall–Kier alpha value is -0.380. The molecule has 0 fully saturated rings. The number of carbonyl (C=O) groups excluding carboxylic acids is 1. The van der Waals surface area contributed by atoms with Gasteiger partial charge >= 0.3 is 0 Å². The molecule has 1 rings (SSSR count). The number of halogens is 1. The van der Waals surface area contributed by atoms with Gasteiger partial charge in [0.15, 0.2) is 5.78 Å². The second kappa shape index (κ2) is 5.49. The van der Waals surface area contributed by atoms with Crippen LogP contribution in [0.3, 0.4) is 0 Å². The smallest absolute Gasteiger partial charge is 0.199 e. The Kier molecular flexibility index (Phi) is 4.58. The largest absolute Gasteiger partial charge is 0.373 e. The van der Waals surface area contributed by atoms with Gasteiger partial charge in [0.05, 0.1) is 9.90 Å². The highest BCUT2D eigenvalue weighted by atomic mass is 35.5. The first-order valence-electron chi connectivity index (χ1n) is 4.51. The van der Waals surface area contributed by atoms with Crippen LogP contribution >= 0.6 is 22.9 Å². The molecule has 0 spiro atoms. The highest BCUT2D eigenvalue weighted by Crippen LogP contribution is 2.27. The van der Waals surface area contributed by atoms with Gasteiger partial charge in [-0.25, -0.2) is 0 Å². The van der Waals surface area contributed by atoms with E-state index in [1.807, 2.05) is 19.2 Å². The van der Waals surface area contributed by atoms with Crippen molar-refractivity contribution in [2.24, 2.45) is 0 Å². The van der Waals surface area contributed by atoms with E-state index in [2.05, 4.69) is 0 Å². The topological polar surface area (TPSA) is 26.3 Å². The molecule has 2 nitrogen and oxygen atoms in total. The summed E-state index contributed by atoms with van der Waals surface area (Å²) in [6, 6.07) is 0. The molecule has 0 aliphatic rings. The second-order valence-corrected chi connectivity index (χ2v) is 4.30. The lowest BCUT2D eigenvalue weighted by Crippen LogP contribution is -2.08. The molecule has 78 valence electrons. The van der Waals surface area contributed by atoms with Gasteiger partial charge in [-0.2, -0.15) is 0 Å². The van der Waals surface area contributed by atoms with Gasteiger partial charge in [0.1, 0.15) is 6.61 Å². The van der Waals surface area contributed by atoms with Crippen molar-refractivity contribution in [3.8, 4) is 0 Å². The lowest BCUT2D eigenvalue weighted by molar-refractivity contribution is 0.0765. The molecule has 1 aromatic heterocycles. The summed E-state index contributed by atoms with van der Waals surface area (Å²) in [5, 5.41) is 2.45. The number of hydrogen-bond donors (Lipinski definition) is 0. The van der Waals surface area contributed by atoms with Gasteiger partial charge in [0.25, 0.3) is 0 Å². The molecule has 0 amide bonds. The number of carbonyl (C=O) groups is 1. The summed E-state index contributed by atoms with van der Waals surface area (Å²) in [4.78, 5) is 12.2. The maximum absolute atomic E-state index is 11.6. The van der Waals surface area contributed by atoms with E-state index in [1.54, 1.807) is 0 Å². The molecule has 0 N–H and O–H groups in total. The number of thiophene rings is 1. The minimum Gasteiger partial charge on any atom is -0.373 e. The van der Waals surface area contributed by atoms with Gasteiger partial charge in [-0.05, 0) is 24.3 Å². The molecule has 0 bridgehead atoms. The summed E-state index contributed by atoms with van der Waals surface area (Å²) in [5.74, 6) is -0.0263. The monoisotopic (exact) mass is 232 g/mol. The van der Waals surface area contributed by atoms with Crippen LogP contribution < -0.4 is 0 Å². The first-order chi connectivity index (χ1) is 6.66. The van der Waals surface area contributed by atoms with Crippen molar-refractivity contribution in [2.75, 3.05) is 13.2 Å². The Morgan fingerprint density at radius 3 is 2.86 bits per heavy atom. The van der Waals surface area contributed by atoms with E-state index in [0.717, 1.165) is 12.0 Å². The first kappa shape index (κ1) is 11.7. The number of ether oxygens (including phenoxy) is 1. The van der Waals surface area contributed by atoms with Crippen LogP contribution in [-0.2, 0) is 4.74 Å². The SMILES string of the molecule is CCCOCC(=O)c1scc(C)c1Cl. The predicted molar refractivity (Wildman–Crippen MR) is 59.5 cm³/mol. The van der Waals surface area contributed by atoms with Gasteiger partial charge in [-0.3, -0.25) is 4.79 Å². The van der Waals surface area contributed by atoms with Crippen LogP contribution in [0.15, 0.2) is 5.38 Å². The molecular weight excluding hydrogens is 220 g/mol. The third-order valence-corrected chi connectivity index (χ3v) is 3.47. The second-order valence-electron chi connectivity index (χ2n) is 3.04. The number of Topliss-reactive ketones (excluding diaryl/α,β-unsaturated/α-hetero) is 1. The summed E-state index contributed by atoms with van der Waals surface area (Å²) in [6.07, 6.45) is 0.921. The zero-order chi connectivity index (χ0) is 10.6. The third kappa shape index (κ3) is 2.80. The van der Waals surface area contributed by atoms with Crippen LogP contribution in [0.1, 0.15) is 28.6 Å². The van der Waals surface area contributed by atoms with E-state index < -0.39 is 0 Å². The van der Waals surface area contributed by atoms with E-state index in [1.165, 1.54) is 11.3 Å². The van der Waals surface area contributed by atoms with Crippen LogP contribution in [-0.4, -0.2) is 19.0 Å². The van der Waals surface area contributed by atoms with Crippen molar-refractivity contribution in [2.45, 2.75) is 20.3 Å². The van der Waals surface area contributed by atoms with Crippen molar-refractivity contribution in [3.63, 3.8) is 0 Å². The van der Waals surface area contributed by atoms with Crippen molar-refractivity contribution in [3.05, 3.63) is 20.8 Å². The van der Waals surface area contributed by atoms with E-state index in [9.17, 15) is 4.79 Å². The van der Waals surface area contributed by atoms with Crippen molar-refractivity contribution in [1.82, 2.24) is 0 Å². The van der Waals surface area contributed by atoms with Gasteiger partial charge in [-0.15, -0.1) is 11.3 Å². The van der Waals surface area contributed by atoms with Crippen molar-refractivity contribution in [1.29, 1.82) is 0 Å². The molecule has 0 aliphatic carbocycles. The Morgan fingerprint density at radius 2 is 2.36 bits per heavy atom. The van der Waals surface area contributed by atoms with Crippen LogP contribution in [0.4, 0.5) is 0 Å². The molecule has 0 radical (unpaired) electrons. The zero-order valence-electron chi connectivity index (χ0n) is 8.30. The first-order valence-corrected chi connectivity index (χ1v) is 5.77. The fourth-order valence-corrected chi connectivity index (χ4v) is 2.22. The Bertz CT molecular complexity index is 320. The molecule has 0 saturated carbocycles. The summed E-state index contributed by atoms with van der Waals surface area (Å²) < 4.78 is 5.16. The zero-order valence-corrected chi connectivity index (χ0v) is 9.87. The van der Waals surface area contributed by atoms with Crippen molar-refractivity contribution >= 4 is 28.7 Å². The Balaban J connectivity index is 2.56. The van der Waals surface area contributed by atoms with Gasteiger partial charge in [0, 0.05) is 6.61 Å². The van der Waals surface area contributed by atoms with Gasteiger partial charge < -0.3 is 4.74 Å². The molecule has 14 heavy (non-hydrogen) atoms. The van der Waals surface area contributed by atoms with Crippen molar-refractivity contribution < 1.29 is 9.53 Å². The lowest BCUT2D eigenvalue weighted by Gasteiger charge is -2.00. The Labute approximate surface area is 92.8 Å². The van der Waals surface area contributed by atoms with Crippen LogP contribution in [0, 0.1) is 6.92 Å². The number of ketones is 1. The van der Waals surface area contributed by atoms with Crippen LogP contribution in [0.5, 0.6) is 0 Å². The molecule has 1 heterocycles. The molecule has 0 aliphatic heterocycles.